The van der Waals surface area contributed by atoms with Gasteiger partial charge in [-0.05, 0) is 23.8 Å². The van der Waals surface area contributed by atoms with Crippen molar-refractivity contribution in [3.05, 3.63) is 54.2 Å². The molecule has 3 heterocycles. The van der Waals surface area contributed by atoms with Gasteiger partial charge in [0, 0.05) is 32.9 Å². The maximum Gasteiger partial charge on any atom is 0.242 e. The Balaban J connectivity index is 1.51. The Morgan fingerprint density at radius 2 is 1.92 bits per heavy atom. The molecule has 25 heavy (non-hydrogen) atoms. The molecule has 2 aromatic heterocycles. The molecule has 3 aromatic rings. The molecule has 1 aliphatic rings. The van der Waals surface area contributed by atoms with E-state index in [2.05, 4.69) is 9.97 Å². The number of hydrogen-bond acceptors (Lipinski definition) is 4. The number of anilines is 1. The van der Waals surface area contributed by atoms with Crippen molar-refractivity contribution in [2.45, 2.75) is 6.54 Å². The largest absolute Gasteiger partial charge is 0.345 e. The van der Waals surface area contributed by atoms with Gasteiger partial charge in [-0.3, -0.25) is 4.79 Å². The highest BCUT2D eigenvalue weighted by Gasteiger charge is 2.26. The average molecular weight is 339 g/mol. The highest BCUT2D eigenvalue weighted by molar-refractivity contribution is 5.91. The third-order valence-electron chi connectivity index (χ3n) is 4.55. The second kappa shape index (κ2) is 6.16. The van der Waals surface area contributed by atoms with Gasteiger partial charge in [-0.25, -0.2) is 14.4 Å². The van der Waals surface area contributed by atoms with E-state index < -0.39 is 0 Å². The fourth-order valence-corrected chi connectivity index (χ4v) is 3.18. The number of nitrogens with zero attached hydrogens (tertiary/aromatic N) is 5. The summed E-state index contributed by atoms with van der Waals surface area (Å²) in [5, 5.41) is 0.949. The summed E-state index contributed by atoms with van der Waals surface area (Å²) in [5.41, 5.74) is 1.78. The second-order valence-corrected chi connectivity index (χ2v) is 6.22. The summed E-state index contributed by atoms with van der Waals surface area (Å²) < 4.78 is 14.9. The lowest BCUT2D eigenvalue weighted by atomic mass is 10.2. The third-order valence-corrected chi connectivity index (χ3v) is 4.55. The number of hydrogen-bond donors (Lipinski definition) is 0. The van der Waals surface area contributed by atoms with E-state index in [1.807, 2.05) is 28.8 Å². The molecule has 7 heteroatoms. The van der Waals surface area contributed by atoms with Crippen LogP contribution >= 0.6 is 0 Å². The molecule has 128 valence electrons. The lowest BCUT2D eigenvalue weighted by Crippen LogP contribution is -2.50. The molecule has 1 amide bonds. The molecule has 1 fully saturated rings. The molecule has 0 saturated carbocycles. The van der Waals surface area contributed by atoms with E-state index in [1.54, 1.807) is 17.0 Å². The quantitative estimate of drug-likeness (QED) is 0.732. The first-order chi connectivity index (χ1) is 12.1. The number of rotatable bonds is 3. The lowest BCUT2D eigenvalue weighted by molar-refractivity contribution is -0.131. The highest BCUT2D eigenvalue weighted by Crippen LogP contribution is 2.24. The van der Waals surface area contributed by atoms with Crippen molar-refractivity contribution in [3.63, 3.8) is 0 Å². The number of benzene rings is 1. The molecular weight excluding hydrogens is 321 g/mol. The second-order valence-electron chi connectivity index (χ2n) is 6.22. The number of halogens is 1. The Labute approximate surface area is 144 Å². The zero-order valence-corrected chi connectivity index (χ0v) is 13.9. The molecular formula is C18H18FN5O. The van der Waals surface area contributed by atoms with Crippen molar-refractivity contribution in [3.8, 4) is 0 Å². The van der Waals surface area contributed by atoms with E-state index in [-0.39, 0.29) is 18.3 Å². The van der Waals surface area contributed by atoms with E-state index in [9.17, 15) is 9.18 Å². The van der Waals surface area contributed by atoms with Crippen molar-refractivity contribution in [2.24, 2.45) is 7.05 Å². The lowest BCUT2D eigenvalue weighted by Gasteiger charge is -2.35. The van der Waals surface area contributed by atoms with Gasteiger partial charge in [0.25, 0.3) is 0 Å². The number of amides is 1. The van der Waals surface area contributed by atoms with Gasteiger partial charge < -0.3 is 14.4 Å². The van der Waals surface area contributed by atoms with Gasteiger partial charge in [0.05, 0.1) is 11.9 Å². The first-order valence-electron chi connectivity index (χ1n) is 8.15. The van der Waals surface area contributed by atoms with Crippen LogP contribution < -0.4 is 4.90 Å². The van der Waals surface area contributed by atoms with Gasteiger partial charge >= 0.3 is 0 Å². The summed E-state index contributed by atoms with van der Waals surface area (Å²) in [6.07, 6.45) is 3.47. The monoisotopic (exact) mass is 339 g/mol. The topological polar surface area (TPSA) is 54.3 Å². The van der Waals surface area contributed by atoms with Gasteiger partial charge in [0.2, 0.25) is 5.91 Å². The number of aromatic nitrogens is 3. The Morgan fingerprint density at radius 3 is 2.68 bits per heavy atom. The summed E-state index contributed by atoms with van der Waals surface area (Å²) in [6.45, 7) is 2.09. The van der Waals surface area contributed by atoms with Crippen molar-refractivity contribution in [2.75, 3.05) is 24.5 Å². The van der Waals surface area contributed by atoms with Crippen LogP contribution in [0.2, 0.25) is 0 Å². The maximum atomic E-state index is 13.0. The molecule has 0 aliphatic carbocycles. The predicted molar refractivity (Wildman–Crippen MR) is 92.5 cm³/mol. The van der Waals surface area contributed by atoms with Crippen molar-refractivity contribution in [1.29, 1.82) is 0 Å². The molecule has 4 rings (SSSR count). The molecule has 0 N–H and O–H groups in total. The van der Waals surface area contributed by atoms with Crippen molar-refractivity contribution < 1.29 is 9.18 Å². The summed E-state index contributed by atoms with van der Waals surface area (Å²) in [7, 11) is 1.94. The van der Waals surface area contributed by atoms with E-state index in [0.717, 1.165) is 22.4 Å². The average Bonchev–Trinajstić information content (AvgIpc) is 3.00. The highest BCUT2D eigenvalue weighted by atomic mass is 19.1. The fraction of sp³-hybridized carbons (Fsp3) is 0.278. The van der Waals surface area contributed by atoms with Crippen LogP contribution in [-0.2, 0) is 18.4 Å². The predicted octanol–water partition coefficient (Wildman–Crippen LogP) is 1.96. The fourth-order valence-electron chi connectivity index (χ4n) is 3.18. The molecule has 0 unspecified atom stereocenters. The number of fused-ring (bicyclic) bond motifs is 1. The molecule has 1 aromatic carbocycles. The van der Waals surface area contributed by atoms with Crippen LogP contribution in [0.3, 0.4) is 0 Å². The van der Waals surface area contributed by atoms with Gasteiger partial charge in [0.15, 0.2) is 0 Å². The van der Waals surface area contributed by atoms with Gasteiger partial charge in [-0.15, -0.1) is 0 Å². The number of piperazine rings is 1. The van der Waals surface area contributed by atoms with Crippen LogP contribution in [0.5, 0.6) is 0 Å². The molecule has 0 atom stereocenters. The molecule has 1 saturated heterocycles. The smallest absolute Gasteiger partial charge is 0.242 e. The molecule has 6 nitrogen and oxygen atoms in total. The summed E-state index contributed by atoms with van der Waals surface area (Å²) in [5.74, 6) is 0.564. The van der Waals surface area contributed by atoms with Crippen molar-refractivity contribution >= 4 is 22.8 Å². The first kappa shape index (κ1) is 15.6. The van der Waals surface area contributed by atoms with Gasteiger partial charge in [0.1, 0.15) is 23.6 Å². The third kappa shape index (κ3) is 2.93. The van der Waals surface area contributed by atoms with E-state index in [0.29, 0.717) is 19.6 Å². The van der Waals surface area contributed by atoms with E-state index in [4.69, 9.17) is 0 Å². The van der Waals surface area contributed by atoms with Crippen LogP contribution in [0, 0.1) is 5.82 Å². The Morgan fingerprint density at radius 1 is 1.12 bits per heavy atom. The molecule has 0 bridgehead atoms. The van der Waals surface area contributed by atoms with Crippen LogP contribution in [0.25, 0.3) is 11.0 Å². The molecule has 1 aliphatic heterocycles. The van der Waals surface area contributed by atoms with Crippen LogP contribution in [-0.4, -0.2) is 45.0 Å². The number of carbonyl (C=O) groups excluding carboxylic acids is 1. The minimum Gasteiger partial charge on any atom is -0.345 e. The normalized spacial score (nSPS) is 15.2. The number of aryl methyl sites for hydroxylation is 1. The first-order valence-corrected chi connectivity index (χ1v) is 8.15. The molecule has 0 spiro atoms. The van der Waals surface area contributed by atoms with E-state index in [1.165, 1.54) is 18.5 Å². The molecule has 0 radical (unpaired) electrons. The van der Waals surface area contributed by atoms with Crippen molar-refractivity contribution in [1.82, 2.24) is 19.4 Å². The van der Waals surface area contributed by atoms with Gasteiger partial charge in [-0.1, -0.05) is 12.1 Å². The zero-order valence-electron chi connectivity index (χ0n) is 13.9. The minimum atomic E-state index is -0.268. The Kier molecular flexibility index (Phi) is 3.83. The standard InChI is InChI=1S/C18H18FN5O/c1-22-7-6-15-17(22)20-12-21-18(15)24-9-8-23(16(25)11-24)10-13-2-4-14(19)5-3-13/h2-7,12H,8-11H2,1H3. The zero-order chi connectivity index (χ0) is 17.4. The SMILES string of the molecule is Cn1ccc2c(N3CCN(Cc4ccc(F)cc4)C(=O)C3)ncnc21. The van der Waals surface area contributed by atoms with Crippen LogP contribution in [0.4, 0.5) is 10.2 Å². The summed E-state index contributed by atoms with van der Waals surface area (Å²) in [6, 6.07) is 8.24. The Bertz CT molecular complexity index is 921. The Hall–Kier alpha value is -2.96. The summed E-state index contributed by atoms with van der Waals surface area (Å²) in [4.78, 5) is 25.0. The van der Waals surface area contributed by atoms with Gasteiger partial charge in [-0.2, -0.15) is 0 Å². The summed E-state index contributed by atoms with van der Waals surface area (Å²) >= 11 is 0. The minimum absolute atomic E-state index is 0.0401. The van der Waals surface area contributed by atoms with Crippen LogP contribution in [0.15, 0.2) is 42.9 Å². The number of carbonyl (C=O) groups is 1. The van der Waals surface area contributed by atoms with E-state index >= 15 is 0 Å². The maximum absolute atomic E-state index is 13.0. The van der Waals surface area contributed by atoms with Crippen LogP contribution in [0.1, 0.15) is 5.56 Å².